The van der Waals surface area contributed by atoms with Crippen molar-refractivity contribution in [2.45, 2.75) is 25.7 Å². The first-order chi connectivity index (χ1) is 11.6. The number of halogens is 2. The van der Waals surface area contributed by atoms with Gasteiger partial charge in [0.15, 0.2) is 0 Å². The molecule has 3 rings (SSSR count). The number of hydrogen-bond donors (Lipinski definition) is 1. The van der Waals surface area contributed by atoms with Gasteiger partial charge in [0.25, 0.3) is 0 Å². The number of benzene rings is 1. The second kappa shape index (κ2) is 8.40. The maximum absolute atomic E-state index is 13.3. The summed E-state index contributed by atoms with van der Waals surface area (Å²) in [4.78, 5) is 18.5. The average Bonchev–Trinajstić information content (AvgIpc) is 3.11. The molecule has 1 amide bonds. The summed E-state index contributed by atoms with van der Waals surface area (Å²) in [6.07, 6.45) is 1.76. The highest BCUT2D eigenvalue weighted by Crippen LogP contribution is 2.28. The summed E-state index contributed by atoms with van der Waals surface area (Å²) < 4.78 is 18.7. The Hall–Kier alpha value is -1.99. The van der Waals surface area contributed by atoms with Gasteiger partial charge in [-0.3, -0.25) is 4.79 Å². The summed E-state index contributed by atoms with van der Waals surface area (Å²) >= 11 is 0. The number of amides is 1. The molecule has 2 unspecified atom stereocenters. The number of hydrogen-bond acceptors (Lipinski definition) is 5. The quantitative estimate of drug-likeness (QED) is 0.896. The van der Waals surface area contributed by atoms with Crippen LogP contribution in [0.1, 0.15) is 31.6 Å². The molecule has 0 saturated carbocycles. The minimum atomic E-state index is -0.343. The third-order valence-corrected chi connectivity index (χ3v) is 4.38. The van der Waals surface area contributed by atoms with Gasteiger partial charge in [-0.2, -0.15) is 4.98 Å². The minimum Gasteiger partial charge on any atom is -0.342 e. The van der Waals surface area contributed by atoms with Gasteiger partial charge in [-0.25, -0.2) is 4.39 Å². The number of nitrogens with two attached hydrogens (primary N) is 1. The summed E-state index contributed by atoms with van der Waals surface area (Å²) in [7, 11) is 0. The van der Waals surface area contributed by atoms with Crippen LogP contribution in [-0.2, 0) is 4.79 Å². The Kier molecular flexibility index (Phi) is 6.50. The molecule has 1 saturated heterocycles. The van der Waals surface area contributed by atoms with Gasteiger partial charge in [-0.05, 0) is 25.0 Å². The van der Waals surface area contributed by atoms with E-state index < -0.39 is 0 Å². The summed E-state index contributed by atoms with van der Waals surface area (Å²) in [6, 6.07) is 6.08. The van der Waals surface area contributed by atoms with E-state index in [1.54, 1.807) is 12.1 Å². The van der Waals surface area contributed by atoms with E-state index >= 15 is 0 Å². The molecular weight excluding hydrogens is 347 g/mol. The van der Waals surface area contributed by atoms with Gasteiger partial charge in [-0.1, -0.05) is 24.2 Å². The largest absolute Gasteiger partial charge is 0.342 e. The van der Waals surface area contributed by atoms with Crippen molar-refractivity contribution in [1.29, 1.82) is 0 Å². The summed E-state index contributed by atoms with van der Waals surface area (Å²) in [5, 5.41) is 3.95. The second-order valence-corrected chi connectivity index (χ2v) is 6.23. The highest BCUT2D eigenvalue weighted by molar-refractivity contribution is 5.85. The van der Waals surface area contributed by atoms with Crippen LogP contribution in [0.3, 0.4) is 0 Å². The van der Waals surface area contributed by atoms with E-state index in [2.05, 4.69) is 10.1 Å². The molecule has 25 heavy (non-hydrogen) atoms. The topological polar surface area (TPSA) is 85.3 Å². The van der Waals surface area contributed by atoms with Gasteiger partial charge in [0.2, 0.25) is 17.6 Å². The van der Waals surface area contributed by atoms with Gasteiger partial charge in [0, 0.05) is 31.1 Å². The molecule has 0 spiro atoms. The van der Waals surface area contributed by atoms with Crippen LogP contribution >= 0.6 is 12.4 Å². The lowest BCUT2D eigenvalue weighted by atomic mass is 9.96. The number of piperidine rings is 1. The zero-order chi connectivity index (χ0) is 17.1. The predicted octanol–water partition coefficient (Wildman–Crippen LogP) is 2.60. The lowest BCUT2D eigenvalue weighted by Gasteiger charge is -2.32. The Morgan fingerprint density at radius 2 is 2.32 bits per heavy atom. The van der Waals surface area contributed by atoms with Crippen LogP contribution < -0.4 is 5.73 Å². The molecule has 1 aromatic heterocycles. The van der Waals surface area contributed by atoms with Crippen molar-refractivity contribution in [3.63, 3.8) is 0 Å². The minimum absolute atomic E-state index is 0. The number of aromatic nitrogens is 2. The number of likely N-dealkylation sites (tertiary alicyclic amines) is 1. The second-order valence-electron chi connectivity index (χ2n) is 6.23. The molecule has 1 aliphatic heterocycles. The summed E-state index contributed by atoms with van der Waals surface area (Å²) in [5.41, 5.74) is 6.16. The van der Waals surface area contributed by atoms with Crippen molar-refractivity contribution in [3.8, 4) is 11.4 Å². The van der Waals surface area contributed by atoms with Crippen LogP contribution in [0.15, 0.2) is 28.8 Å². The van der Waals surface area contributed by atoms with Crippen molar-refractivity contribution in [1.82, 2.24) is 15.0 Å². The number of nitrogens with zero attached hydrogens (tertiary/aromatic N) is 3. The lowest BCUT2D eigenvalue weighted by Crippen LogP contribution is -2.43. The molecule has 1 aromatic carbocycles. The predicted molar refractivity (Wildman–Crippen MR) is 93.7 cm³/mol. The average molecular weight is 369 g/mol. The number of carbonyl (C=O) groups is 1. The van der Waals surface area contributed by atoms with Crippen LogP contribution in [0.2, 0.25) is 0 Å². The highest BCUT2D eigenvalue weighted by Gasteiger charge is 2.30. The van der Waals surface area contributed by atoms with E-state index in [4.69, 9.17) is 10.3 Å². The summed E-state index contributed by atoms with van der Waals surface area (Å²) in [5.74, 6) is 0.392. The Balaban J connectivity index is 0.00000225. The van der Waals surface area contributed by atoms with E-state index in [1.165, 1.54) is 12.1 Å². The van der Waals surface area contributed by atoms with E-state index in [0.29, 0.717) is 30.4 Å². The molecule has 6 nitrogen and oxygen atoms in total. The third kappa shape index (κ3) is 4.35. The number of carbonyl (C=O) groups excluding carboxylic acids is 1. The first kappa shape index (κ1) is 19.3. The highest BCUT2D eigenvalue weighted by atomic mass is 35.5. The Bertz CT molecular complexity index is 724. The molecule has 0 radical (unpaired) electrons. The summed E-state index contributed by atoms with van der Waals surface area (Å²) in [6.45, 7) is 3.45. The number of rotatable bonds is 4. The molecule has 1 aliphatic rings. The third-order valence-electron chi connectivity index (χ3n) is 4.38. The molecule has 2 aromatic rings. The van der Waals surface area contributed by atoms with E-state index in [0.717, 1.165) is 19.4 Å². The SMILES string of the molecule is CC(CN)C(=O)N1CCCC(c2nc(-c3cccc(F)c3)no2)C1.Cl. The molecule has 2 atom stereocenters. The van der Waals surface area contributed by atoms with E-state index in [1.807, 2.05) is 11.8 Å². The van der Waals surface area contributed by atoms with Gasteiger partial charge in [-0.15, -0.1) is 12.4 Å². The van der Waals surface area contributed by atoms with Crippen LogP contribution in [0.5, 0.6) is 0 Å². The monoisotopic (exact) mass is 368 g/mol. The lowest BCUT2D eigenvalue weighted by molar-refractivity contribution is -0.136. The standard InChI is InChI=1S/C17H21FN4O2.ClH/c1-11(9-19)17(23)22-7-3-5-13(10-22)16-20-15(21-24-16)12-4-2-6-14(18)8-12;/h2,4,6,8,11,13H,3,5,7,9-10,19H2,1H3;1H. The maximum Gasteiger partial charge on any atom is 0.231 e. The molecule has 2 N–H and O–H groups in total. The smallest absolute Gasteiger partial charge is 0.231 e. The first-order valence-electron chi connectivity index (χ1n) is 8.17. The van der Waals surface area contributed by atoms with Crippen LogP contribution in [0.4, 0.5) is 4.39 Å². The van der Waals surface area contributed by atoms with Gasteiger partial charge in [0.05, 0.1) is 5.92 Å². The molecule has 0 aliphatic carbocycles. The zero-order valence-corrected chi connectivity index (χ0v) is 14.8. The normalized spacial score (nSPS) is 18.5. The maximum atomic E-state index is 13.3. The molecule has 8 heteroatoms. The Labute approximate surface area is 152 Å². The zero-order valence-electron chi connectivity index (χ0n) is 14.0. The van der Waals surface area contributed by atoms with E-state index in [9.17, 15) is 9.18 Å². The van der Waals surface area contributed by atoms with Crippen molar-refractivity contribution in [2.24, 2.45) is 11.7 Å². The van der Waals surface area contributed by atoms with Crippen molar-refractivity contribution < 1.29 is 13.7 Å². The van der Waals surface area contributed by atoms with Crippen molar-refractivity contribution in [3.05, 3.63) is 36.0 Å². The van der Waals surface area contributed by atoms with Gasteiger partial charge in [0.1, 0.15) is 5.82 Å². The first-order valence-corrected chi connectivity index (χ1v) is 8.17. The Morgan fingerprint density at radius 3 is 3.04 bits per heavy atom. The molecule has 2 heterocycles. The fourth-order valence-electron chi connectivity index (χ4n) is 2.94. The van der Waals surface area contributed by atoms with Crippen LogP contribution in [0.25, 0.3) is 11.4 Å². The fourth-order valence-corrected chi connectivity index (χ4v) is 2.94. The molecule has 136 valence electrons. The van der Waals surface area contributed by atoms with Crippen LogP contribution in [0, 0.1) is 11.7 Å². The van der Waals surface area contributed by atoms with Gasteiger partial charge < -0.3 is 15.2 Å². The molecule has 1 fully saturated rings. The molecular formula is C17H22ClFN4O2. The van der Waals surface area contributed by atoms with Crippen molar-refractivity contribution in [2.75, 3.05) is 19.6 Å². The van der Waals surface area contributed by atoms with E-state index in [-0.39, 0.29) is 36.0 Å². The van der Waals surface area contributed by atoms with Crippen molar-refractivity contribution >= 4 is 18.3 Å². The van der Waals surface area contributed by atoms with Crippen LogP contribution in [-0.4, -0.2) is 40.6 Å². The van der Waals surface area contributed by atoms with Gasteiger partial charge >= 0.3 is 0 Å². The molecule has 0 bridgehead atoms. The Morgan fingerprint density at radius 1 is 1.52 bits per heavy atom. The fraction of sp³-hybridized carbons (Fsp3) is 0.471.